The first-order valence-corrected chi connectivity index (χ1v) is 8.23. The Morgan fingerprint density at radius 1 is 1.30 bits per heavy atom. The Balaban J connectivity index is 2.26. The molecule has 1 aliphatic carbocycles. The molecule has 0 aromatic heterocycles. The van der Waals surface area contributed by atoms with Crippen molar-refractivity contribution in [2.75, 3.05) is 13.1 Å². The Morgan fingerprint density at radius 3 is 2.65 bits per heavy atom. The van der Waals surface area contributed by atoms with Crippen LogP contribution in [0.1, 0.15) is 30.9 Å². The average Bonchev–Trinajstić information content (AvgIpc) is 2.85. The summed E-state index contributed by atoms with van der Waals surface area (Å²) in [6.07, 6.45) is 2.81. The van der Waals surface area contributed by atoms with Gasteiger partial charge in [0.2, 0.25) is 10.0 Å². The number of carbonyl (C=O) groups is 1. The summed E-state index contributed by atoms with van der Waals surface area (Å²) in [6, 6.07) is 5.24. The van der Waals surface area contributed by atoms with Gasteiger partial charge in [-0.3, -0.25) is 4.79 Å². The molecule has 1 N–H and O–H groups in total. The minimum Gasteiger partial charge on any atom is -0.481 e. The van der Waals surface area contributed by atoms with Gasteiger partial charge in [-0.05, 0) is 42.5 Å². The molecule has 0 saturated carbocycles. The summed E-state index contributed by atoms with van der Waals surface area (Å²) in [5.74, 6) is -0.993. The van der Waals surface area contributed by atoms with E-state index in [1.807, 2.05) is 6.07 Å². The maximum Gasteiger partial charge on any atom is 0.304 e. The van der Waals surface area contributed by atoms with Crippen LogP contribution < -0.4 is 0 Å². The highest BCUT2D eigenvalue weighted by Gasteiger charge is 2.25. The molecule has 20 heavy (non-hydrogen) atoms. The summed E-state index contributed by atoms with van der Waals surface area (Å²) >= 11 is 0. The van der Waals surface area contributed by atoms with Crippen LogP contribution in [0.2, 0.25) is 0 Å². The van der Waals surface area contributed by atoms with Gasteiger partial charge in [0.15, 0.2) is 0 Å². The van der Waals surface area contributed by atoms with Crippen molar-refractivity contribution < 1.29 is 18.3 Å². The van der Waals surface area contributed by atoms with Gasteiger partial charge < -0.3 is 5.11 Å². The van der Waals surface area contributed by atoms with Crippen molar-refractivity contribution >= 4 is 16.0 Å². The number of carboxylic acid groups (broad SMARTS) is 1. The predicted octanol–water partition coefficient (Wildman–Crippen LogP) is 1.66. The molecule has 0 fully saturated rings. The molecule has 6 heteroatoms. The number of rotatable bonds is 6. The fourth-order valence-electron chi connectivity index (χ4n) is 2.53. The number of aryl methyl sites for hydroxylation is 2. The van der Waals surface area contributed by atoms with Gasteiger partial charge >= 0.3 is 5.97 Å². The summed E-state index contributed by atoms with van der Waals surface area (Å²) in [4.78, 5) is 10.9. The lowest BCUT2D eigenvalue weighted by atomic mass is 10.1. The molecule has 0 heterocycles. The van der Waals surface area contributed by atoms with Gasteiger partial charge in [0.05, 0.1) is 11.3 Å². The van der Waals surface area contributed by atoms with Crippen LogP contribution in [0, 0.1) is 0 Å². The number of nitrogens with zero attached hydrogens (tertiary/aromatic N) is 1. The Bertz CT molecular complexity index is 610. The molecule has 0 amide bonds. The fraction of sp³-hybridized carbons (Fsp3) is 0.500. The van der Waals surface area contributed by atoms with E-state index in [1.165, 1.54) is 9.87 Å². The molecular formula is C14H19NO4S. The van der Waals surface area contributed by atoms with Crippen LogP contribution in [0.25, 0.3) is 0 Å². The lowest BCUT2D eigenvalue weighted by Gasteiger charge is -2.20. The van der Waals surface area contributed by atoms with E-state index in [4.69, 9.17) is 5.11 Å². The van der Waals surface area contributed by atoms with Gasteiger partial charge in [-0.15, -0.1) is 0 Å². The Kier molecular flexibility index (Phi) is 4.45. The second-order valence-electron chi connectivity index (χ2n) is 4.92. The zero-order chi connectivity index (χ0) is 14.8. The van der Waals surface area contributed by atoms with Crippen molar-refractivity contribution in [3.8, 4) is 0 Å². The zero-order valence-electron chi connectivity index (χ0n) is 11.5. The van der Waals surface area contributed by atoms with Crippen LogP contribution in [0.3, 0.4) is 0 Å². The highest BCUT2D eigenvalue weighted by molar-refractivity contribution is 7.89. The number of fused-ring (bicyclic) bond motifs is 1. The van der Waals surface area contributed by atoms with E-state index < -0.39 is 16.0 Å². The van der Waals surface area contributed by atoms with Gasteiger partial charge in [0.1, 0.15) is 0 Å². The third-order valence-electron chi connectivity index (χ3n) is 3.64. The average molecular weight is 297 g/mol. The largest absolute Gasteiger partial charge is 0.481 e. The third kappa shape index (κ3) is 3.02. The molecular weight excluding hydrogens is 278 g/mol. The van der Waals surface area contributed by atoms with E-state index in [9.17, 15) is 13.2 Å². The molecule has 5 nitrogen and oxygen atoms in total. The van der Waals surface area contributed by atoms with Crippen molar-refractivity contribution in [3.63, 3.8) is 0 Å². The number of aliphatic carboxylic acids is 1. The van der Waals surface area contributed by atoms with Gasteiger partial charge in [-0.25, -0.2) is 8.42 Å². The van der Waals surface area contributed by atoms with E-state index in [0.29, 0.717) is 0 Å². The number of benzene rings is 1. The SMILES string of the molecule is CCN(CCC(=O)O)S(=O)(=O)c1ccc2c(c1)CCC2. The van der Waals surface area contributed by atoms with Crippen molar-refractivity contribution in [1.29, 1.82) is 0 Å². The van der Waals surface area contributed by atoms with E-state index in [-0.39, 0.29) is 24.4 Å². The maximum absolute atomic E-state index is 12.5. The highest BCUT2D eigenvalue weighted by atomic mass is 32.2. The minimum atomic E-state index is -3.60. The standard InChI is InChI=1S/C14H19NO4S/c1-2-15(9-8-14(16)17)20(18,19)13-7-6-11-4-3-5-12(11)10-13/h6-7,10H,2-5,8-9H2,1H3,(H,16,17). The molecule has 0 atom stereocenters. The number of hydrogen-bond acceptors (Lipinski definition) is 3. The monoisotopic (exact) mass is 297 g/mol. The second-order valence-corrected chi connectivity index (χ2v) is 6.86. The van der Waals surface area contributed by atoms with Crippen molar-refractivity contribution in [1.82, 2.24) is 4.31 Å². The van der Waals surface area contributed by atoms with Crippen LogP contribution in [-0.4, -0.2) is 36.9 Å². The normalized spacial score (nSPS) is 14.5. The van der Waals surface area contributed by atoms with Crippen molar-refractivity contribution in [2.45, 2.75) is 37.5 Å². The van der Waals surface area contributed by atoms with Crippen molar-refractivity contribution in [3.05, 3.63) is 29.3 Å². The molecule has 0 saturated heterocycles. The minimum absolute atomic E-state index is 0.00521. The molecule has 1 aromatic carbocycles. The van der Waals surface area contributed by atoms with Gasteiger partial charge in [-0.2, -0.15) is 4.31 Å². The van der Waals surface area contributed by atoms with Crippen LogP contribution in [-0.2, 0) is 27.7 Å². The lowest BCUT2D eigenvalue weighted by molar-refractivity contribution is -0.137. The zero-order valence-corrected chi connectivity index (χ0v) is 12.3. The van der Waals surface area contributed by atoms with E-state index >= 15 is 0 Å². The molecule has 0 bridgehead atoms. The van der Waals surface area contributed by atoms with Crippen molar-refractivity contribution in [2.24, 2.45) is 0 Å². The molecule has 0 radical (unpaired) electrons. The number of carboxylic acids is 1. The lowest BCUT2D eigenvalue weighted by Crippen LogP contribution is -2.33. The molecule has 1 aromatic rings. The molecule has 2 rings (SSSR count). The van der Waals surface area contributed by atoms with Gasteiger partial charge in [0, 0.05) is 13.1 Å². The van der Waals surface area contributed by atoms with E-state index in [0.717, 1.165) is 24.8 Å². The quantitative estimate of drug-likeness (QED) is 0.866. The van der Waals surface area contributed by atoms with E-state index in [2.05, 4.69) is 0 Å². The summed E-state index contributed by atoms with van der Waals surface area (Å²) in [5, 5.41) is 8.70. The molecule has 0 spiro atoms. The third-order valence-corrected chi connectivity index (χ3v) is 5.61. The van der Waals surface area contributed by atoms with Crippen LogP contribution in [0.4, 0.5) is 0 Å². The second kappa shape index (κ2) is 5.93. The first-order valence-electron chi connectivity index (χ1n) is 6.79. The smallest absolute Gasteiger partial charge is 0.304 e. The molecule has 0 unspecified atom stereocenters. The fourth-order valence-corrected chi connectivity index (χ4v) is 4.03. The van der Waals surface area contributed by atoms with Gasteiger partial charge in [0.25, 0.3) is 0 Å². The molecule has 1 aliphatic rings. The summed E-state index contributed by atoms with van der Waals surface area (Å²) in [7, 11) is -3.60. The van der Waals surface area contributed by atoms with Gasteiger partial charge in [-0.1, -0.05) is 13.0 Å². The first-order chi connectivity index (χ1) is 9.45. The summed E-state index contributed by atoms with van der Waals surface area (Å²) in [5.41, 5.74) is 2.32. The van der Waals surface area contributed by atoms with Crippen LogP contribution in [0.15, 0.2) is 23.1 Å². The highest BCUT2D eigenvalue weighted by Crippen LogP contribution is 2.26. The van der Waals surface area contributed by atoms with E-state index in [1.54, 1.807) is 19.1 Å². The van der Waals surface area contributed by atoms with Crippen LogP contribution in [0.5, 0.6) is 0 Å². The Hall–Kier alpha value is -1.40. The number of hydrogen-bond donors (Lipinski definition) is 1. The summed E-state index contributed by atoms with van der Waals surface area (Å²) < 4.78 is 26.2. The maximum atomic E-state index is 12.5. The predicted molar refractivity (Wildman–Crippen MR) is 75.2 cm³/mol. The topological polar surface area (TPSA) is 74.7 Å². The Labute approximate surface area is 119 Å². The number of sulfonamides is 1. The Morgan fingerprint density at radius 2 is 2.00 bits per heavy atom. The summed E-state index contributed by atoms with van der Waals surface area (Å²) in [6.45, 7) is 1.99. The first kappa shape index (κ1) is 15.0. The molecule has 110 valence electrons. The van der Waals surface area contributed by atoms with Crippen LogP contribution >= 0.6 is 0 Å². The molecule has 0 aliphatic heterocycles.